The van der Waals surface area contributed by atoms with Gasteiger partial charge in [0, 0.05) is 11.0 Å². The number of hydrogen-bond donors (Lipinski definition) is 1. The Kier molecular flexibility index (Phi) is 6.29. The molecule has 0 aliphatic carbocycles. The number of carbonyl (C=O) groups excluding carboxylic acids is 1. The summed E-state index contributed by atoms with van der Waals surface area (Å²) >= 11 is 1.71. The van der Waals surface area contributed by atoms with Crippen molar-refractivity contribution >= 4 is 17.7 Å². The summed E-state index contributed by atoms with van der Waals surface area (Å²) in [5.74, 6) is -0.0745. The van der Waals surface area contributed by atoms with Gasteiger partial charge in [0.05, 0.1) is 6.04 Å². The maximum Gasteiger partial charge on any atom is 0.244 e. The zero-order valence-corrected chi connectivity index (χ0v) is 11.8. The van der Waals surface area contributed by atoms with Crippen molar-refractivity contribution in [2.45, 2.75) is 24.8 Å². The van der Waals surface area contributed by atoms with Crippen LogP contribution < -0.4 is 5.32 Å². The maximum atomic E-state index is 11.6. The minimum absolute atomic E-state index is 0.0173. The van der Waals surface area contributed by atoms with E-state index in [2.05, 4.69) is 17.4 Å². The van der Waals surface area contributed by atoms with E-state index in [9.17, 15) is 4.79 Å². The third kappa shape index (κ3) is 4.80. The lowest BCUT2D eigenvalue weighted by atomic mass is 10.1. The van der Waals surface area contributed by atoms with Gasteiger partial charge in [0.15, 0.2) is 0 Å². The fraction of sp³-hybridized carbons (Fsp3) is 0.267. The molecule has 0 heterocycles. The molecule has 18 heavy (non-hydrogen) atoms. The van der Waals surface area contributed by atoms with Crippen LogP contribution in [0.15, 0.2) is 53.5 Å². The van der Waals surface area contributed by atoms with Crippen molar-refractivity contribution < 1.29 is 4.79 Å². The summed E-state index contributed by atoms with van der Waals surface area (Å²) in [5.41, 5.74) is 1.11. The van der Waals surface area contributed by atoms with Gasteiger partial charge in [-0.15, -0.1) is 11.8 Å². The van der Waals surface area contributed by atoms with Crippen LogP contribution in [0.3, 0.4) is 0 Å². The number of hydrogen-bond acceptors (Lipinski definition) is 2. The van der Waals surface area contributed by atoms with Crippen LogP contribution in [0.2, 0.25) is 0 Å². The first-order chi connectivity index (χ1) is 8.67. The average Bonchev–Trinajstić information content (AvgIpc) is 2.39. The molecular formula is C15H19NOS. The summed E-state index contributed by atoms with van der Waals surface area (Å²) in [5, 5.41) is 2.93. The van der Waals surface area contributed by atoms with Gasteiger partial charge >= 0.3 is 0 Å². The Labute approximate surface area is 113 Å². The third-order valence-corrected chi connectivity index (χ3v) is 3.27. The van der Waals surface area contributed by atoms with Crippen molar-refractivity contribution in [3.63, 3.8) is 0 Å². The Bertz CT molecular complexity index is 434. The number of thioether (sulfide) groups is 1. The highest BCUT2D eigenvalue weighted by Gasteiger charge is 2.06. The maximum absolute atomic E-state index is 11.6. The second-order valence-corrected chi connectivity index (χ2v) is 4.77. The molecule has 1 aromatic carbocycles. The number of carbonyl (C=O) groups is 1. The summed E-state index contributed by atoms with van der Waals surface area (Å²) in [6.07, 6.45) is 9.03. The fourth-order valence-corrected chi connectivity index (χ4v) is 1.90. The van der Waals surface area contributed by atoms with Crippen LogP contribution in [0.5, 0.6) is 0 Å². The Morgan fingerprint density at radius 3 is 2.50 bits per heavy atom. The predicted molar refractivity (Wildman–Crippen MR) is 78.7 cm³/mol. The third-order valence-electron chi connectivity index (χ3n) is 2.53. The van der Waals surface area contributed by atoms with E-state index in [-0.39, 0.29) is 11.9 Å². The highest BCUT2D eigenvalue weighted by molar-refractivity contribution is 7.98. The molecule has 0 aliphatic heterocycles. The SMILES string of the molecule is C/C=C/C=C/C(=O)NC(C)c1ccc(SC)cc1. The summed E-state index contributed by atoms with van der Waals surface area (Å²) in [7, 11) is 0. The zero-order chi connectivity index (χ0) is 13.4. The number of nitrogens with one attached hydrogen (secondary N) is 1. The molecular weight excluding hydrogens is 242 g/mol. The largest absolute Gasteiger partial charge is 0.346 e. The van der Waals surface area contributed by atoms with Crippen molar-refractivity contribution in [1.82, 2.24) is 5.32 Å². The van der Waals surface area contributed by atoms with E-state index in [1.165, 1.54) is 11.0 Å². The fourth-order valence-electron chi connectivity index (χ4n) is 1.49. The van der Waals surface area contributed by atoms with Gasteiger partial charge in [0.25, 0.3) is 0 Å². The minimum atomic E-state index is -0.0745. The van der Waals surface area contributed by atoms with Crippen molar-refractivity contribution in [3.05, 3.63) is 54.1 Å². The van der Waals surface area contributed by atoms with Gasteiger partial charge in [0.1, 0.15) is 0 Å². The van der Waals surface area contributed by atoms with Crippen LogP contribution >= 0.6 is 11.8 Å². The summed E-state index contributed by atoms with van der Waals surface area (Å²) < 4.78 is 0. The summed E-state index contributed by atoms with van der Waals surface area (Å²) in [6, 6.07) is 8.25. The van der Waals surface area contributed by atoms with Crippen molar-refractivity contribution in [3.8, 4) is 0 Å². The number of amides is 1. The second kappa shape index (κ2) is 7.77. The minimum Gasteiger partial charge on any atom is -0.346 e. The summed E-state index contributed by atoms with van der Waals surface area (Å²) in [6.45, 7) is 3.90. The molecule has 2 nitrogen and oxygen atoms in total. The van der Waals surface area contributed by atoms with Crippen LogP contribution in [-0.2, 0) is 4.79 Å². The summed E-state index contributed by atoms with van der Waals surface area (Å²) in [4.78, 5) is 12.8. The lowest BCUT2D eigenvalue weighted by Crippen LogP contribution is -2.24. The molecule has 1 rings (SSSR count). The van der Waals surface area contributed by atoms with Crippen molar-refractivity contribution in [1.29, 1.82) is 0 Å². The molecule has 1 aromatic rings. The van der Waals surface area contributed by atoms with E-state index in [1.807, 2.05) is 44.4 Å². The van der Waals surface area contributed by atoms with Gasteiger partial charge in [-0.2, -0.15) is 0 Å². The monoisotopic (exact) mass is 261 g/mol. The molecule has 1 N–H and O–H groups in total. The number of allylic oxidation sites excluding steroid dienone is 3. The first-order valence-corrected chi connectivity index (χ1v) is 7.13. The smallest absolute Gasteiger partial charge is 0.244 e. The van der Waals surface area contributed by atoms with Crippen LogP contribution in [0.1, 0.15) is 25.5 Å². The average molecular weight is 261 g/mol. The quantitative estimate of drug-likeness (QED) is 0.497. The molecule has 0 spiro atoms. The Morgan fingerprint density at radius 2 is 1.94 bits per heavy atom. The van der Waals surface area contributed by atoms with Crippen LogP contribution in [0.4, 0.5) is 0 Å². The first-order valence-electron chi connectivity index (χ1n) is 5.91. The van der Waals surface area contributed by atoms with Gasteiger partial charge in [0.2, 0.25) is 5.91 Å². The molecule has 0 radical (unpaired) electrons. The van der Waals surface area contributed by atoms with E-state index in [0.717, 1.165) is 5.56 Å². The molecule has 0 saturated carbocycles. The number of rotatable bonds is 5. The highest BCUT2D eigenvalue weighted by Crippen LogP contribution is 2.18. The molecule has 1 amide bonds. The molecule has 0 saturated heterocycles. The van der Waals surface area contributed by atoms with Gasteiger partial charge in [-0.1, -0.05) is 30.4 Å². The first kappa shape index (κ1) is 14.6. The predicted octanol–water partition coefficient (Wildman–Crippen LogP) is 3.72. The highest BCUT2D eigenvalue weighted by atomic mass is 32.2. The second-order valence-electron chi connectivity index (χ2n) is 3.89. The molecule has 0 aromatic heterocycles. The van der Waals surface area contributed by atoms with Crippen LogP contribution in [0.25, 0.3) is 0 Å². The lowest BCUT2D eigenvalue weighted by Gasteiger charge is -2.13. The topological polar surface area (TPSA) is 29.1 Å². The van der Waals surface area contributed by atoms with E-state index in [0.29, 0.717) is 0 Å². The van der Waals surface area contributed by atoms with Crippen LogP contribution in [-0.4, -0.2) is 12.2 Å². The van der Waals surface area contributed by atoms with Gasteiger partial charge < -0.3 is 5.32 Å². The van der Waals surface area contributed by atoms with Gasteiger partial charge in [-0.05, 0) is 37.8 Å². The molecule has 1 unspecified atom stereocenters. The normalized spacial score (nSPS) is 13.1. The van der Waals surface area contributed by atoms with Crippen molar-refractivity contribution in [2.75, 3.05) is 6.26 Å². The Morgan fingerprint density at radius 1 is 1.28 bits per heavy atom. The standard InChI is InChI=1S/C15H19NOS/c1-4-5-6-7-15(17)16-12(2)13-8-10-14(18-3)11-9-13/h4-12H,1-3H3,(H,16,17)/b5-4+,7-6+. The molecule has 0 aliphatic rings. The van der Waals surface area contributed by atoms with Crippen LogP contribution in [0, 0.1) is 0 Å². The molecule has 1 atom stereocenters. The molecule has 0 fully saturated rings. The van der Waals surface area contributed by atoms with Gasteiger partial charge in [-0.25, -0.2) is 0 Å². The van der Waals surface area contributed by atoms with E-state index < -0.39 is 0 Å². The lowest BCUT2D eigenvalue weighted by molar-refractivity contribution is -0.117. The molecule has 96 valence electrons. The molecule has 3 heteroatoms. The van der Waals surface area contributed by atoms with E-state index in [4.69, 9.17) is 0 Å². The van der Waals surface area contributed by atoms with Crippen molar-refractivity contribution in [2.24, 2.45) is 0 Å². The van der Waals surface area contributed by atoms with Gasteiger partial charge in [-0.3, -0.25) is 4.79 Å². The zero-order valence-electron chi connectivity index (χ0n) is 11.0. The molecule has 0 bridgehead atoms. The number of benzene rings is 1. The van der Waals surface area contributed by atoms with E-state index >= 15 is 0 Å². The van der Waals surface area contributed by atoms with E-state index in [1.54, 1.807) is 17.8 Å². The Balaban J connectivity index is 2.58. The Hall–Kier alpha value is -1.48.